The van der Waals surface area contributed by atoms with Crippen LogP contribution >= 0.6 is 0 Å². The molecule has 2 unspecified atom stereocenters. The number of carbonyl (C=O) groups is 1. The van der Waals surface area contributed by atoms with Crippen molar-refractivity contribution in [1.29, 1.82) is 0 Å². The Kier molecular flexibility index (Phi) is 4.41. The van der Waals surface area contributed by atoms with Crippen LogP contribution in [-0.2, 0) is 4.79 Å². The van der Waals surface area contributed by atoms with Crippen LogP contribution in [0.5, 0.6) is 0 Å². The highest BCUT2D eigenvalue weighted by Crippen LogP contribution is 2.23. The standard InChI is InChI=1S/C18H21NO3/c20-17(12-19-9-3-6-16(11-19)18(21)22)15-8-7-13-4-1-2-5-14(13)10-15/h1-2,4-5,7-8,10,16-17,20H,3,6,9,11-12H2,(H,21,22). The number of aliphatic hydroxyl groups is 1. The Morgan fingerprint density at radius 3 is 2.77 bits per heavy atom. The summed E-state index contributed by atoms with van der Waals surface area (Å²) < 4.78 is 0. The van der Waals surface area contributed by atoms with E-state index in [0.717, 1.165) is 35.7 Å². The van der Waals surface area contributed by atoms with E-state index in [2.05, 4.69) is 4.90 Å². The van der Waals surface area contributed by atoms with Crippen LogP contribution in [0.2, 0.25) is 0 Å². The molecule has 22 heavy (non-hydrogen) atoms. The van der Waals surface area contributed by atoms with Gasteiger partial charge in [0.15, 0.2) is 0 Å². The minimum Gasteiger partial charge on any atom is -0.481 e. The lowest BCUT2D eigenvalue weighted by Crippen LogP contribution is -2.40. The van der Waals surface area contributed by atoms with E-state index in [9.17, 15) is 9.90 Å². The van der Waals surface area contributed by atoms with Gasteiger partial charge in [-0.05, 0) is 41.8 Å². The van der Waals surface area contributed by atoms with Crippen molar-refractivity contribution in [2.75, 3.05) is 19.6 Å². The number of carboxylic acid groups (broad SMARTS) is 1. The van der Waals surface area contributed by atoms with Gasteiger partial charge in [-0.1, -0.05) is 36.4 Å². The van der Waals surface area contributed by atoms with Gasteiger partial charge < -0.3 is 10.2 Å². The highest BCUT2D eigenvalue weighted by atomic mass is 16.4. The maximum absolute atomic E-state index is 11.1. The lowest BCUT2D eigenvalue weighted by atomic mass is 9.97. The maximum atomic E-state index is 11.1. The number of likely N-dealkylation sites (tertiary alicyclic amines) is 1. The van der Waals surface area contributed by atoms with Gasteiger partial charge in [-0.15, -0.1) is 0 Å². The number of benzene rings is 2. The molecular formula is C18H21NO3. The minimum atomic E-state index is -0.732. The molecule has 0 bridgehead atoms. The molecule has 0 aromatic heterocycles. The molecule has 2 aromatic rings. The summed E-state index contributed by atoms with van der Waals surface area (Å²) in [4.78, 5) is 13.2. The minimum absolute atomic E-state index is 0.308. The van der Waals surface area contributed by atoms with E-state index in [1.807, 2.05) is 42.5 Å². The second-order valence-corrected chi connectivity index (χ2v) is 6.06. The molecule has 1 saturated heterocycles. The second kappa shape index (κ2) is 6.46. The van der Waals surface area contributed by atoms with E-state index in [1.54, 1.807) is 0 Å². The number of aliphatic hydroxyl groups excluding tert-OH is 1. The van der Waals surface area contributed by atoms with Crippen LogP contribution in [0.3, 0.4) is 0 Å². The van der Waals surface area contributed by atoms with Crippen molar-refractivity contribution >= 4 is 16.7 Å². The van der Waals surface area contributed by atoms with Crippen molar-refractivity contribution < 1.29 is 15.0 Å². The summed E-state index contributed by atoms with van der Waals surface area (Å²) in [5.41, 5.74) is 0.885. The Morgan fingerprint density at radius 2 is 2.00 bits per heavy atom. The first-order valence-corrected chi connectivity index (χ1v) is 7.75. The Labute approximate surface area is 130 Å². The normalized spacial score (nSPS) is 20.9. The van der Waals surface area contributed by atoms with Gasteiger partial charge in [0, 0.05) is 13.1 Å². The van der Waals surface area contributed by atoms with E-state index in [-0.39, 0.29) is 5.92 Å². The smallest absolute Gasteiger partial charge is 0.307 e. The first-order valence-electron chi connectivity index (χ1n) is 7.75. The monoisotopic (exact) mass is 299 g/mol. The van der Waals surface area contributed by atoms with Crippen molar-refractivity contribution in [2.24, 2.45) is 5.92 Å². The van der Waals surface area contributed by atoms with E-state index in [0.29, 0.717) is 13.1 Å². The summed E-state index contributed by atoms with van der Waals surface area (Å²) in [7, 11) is 0. The number of hydrogen-bond donors (Lipinski definition) is 2. The fourth-order valence-corrected chi connectivity index (χ4v) is 3.19. The maximum Gasteiger partial charge on any atom is 0.307 e. The Hall–Kier alpha value is -1.91. The molecule has 3 rings (SSSR count). The summed E-state index contributed by atoms with van der Waals surface area (Å²) in [5, 5.41) is 21.9. The van der Waals surface area contributed by atoms with Gasteiger partial charge in [-0.3, -0.25) is 9.69 Å². The molecule has 1 heterocycles. The zero-order valence-electron chi connectivity index (χ0n) is 12.5. The van der Waals surface area contributed by atoms with Crippen LogP contribution in [0, 0.1) is 5.92 Å². The predicted octanol–water partition coefficient (Wildman–Crippen LogP) is 2.67. The molecule has 4 nitrogen and oxygen atoms in total. The van der Waals surface area contributed by atoms with Crippen LogP contribution in [0.15, 0.2) is 42.5 Å². The fraction of sp³-hybridized carbons (Fsp3) is 0.389. The van der Waals surface area contributed by atoms with E-state index < -0.39 is 12.1 Å². The molecule has 1 aliphatic rings. The predicted molar refractivity (Wildman–Crippen MR) is 85.7 cm³/mol. The van der Waals surface area contributed by atoms with E-state index >= 15 is 0 Å². The number of piperidine rings is 1. The lowest BCUT2D eigenvalue weighted by molar-refractivity contribution is -0.143. The molecule has 4 heteroatoms. The van der Waals surface area contributed by atoms with Crippen molar-refractivity contribution in [3.63, 3.8) is 0 Å². The van der Waals surface area contributed by atoms with Crippen LogP contribution in [0.1, 0.15) is 24.5 Å². The molecule has 0 radical (unpaired) electrons. The fourth-order valence-electron chi connectivity index (χ4n) is 3.19. The molecule has 2 N–H and O–H groups in total. The largest absolute Gasteiger partial charge is 0.481 e. The molecule has 2 atom stereocenters. The van der Waals surface area contributed by atoms with Crippen molar-refractivity contribution in [2.45, 2.75) is 18.9 Å². The first kappa shape index (κ1) is 15.0. The number of nitrogens with zero attached hydrogens (tertiary/aromatic N) is 1. The van der Waals surface area contributed by atoms with Gasteiger partial charge in [0.25, 0.3) is 0 Å². The van der Waals surface area contributed by atoms with Crippen LogP contribution < -0.4 is 0 Å². The lowest BCUT2D eigenvalue weighted by Gasteiger charge is -2.32. The van der Waals surface area contributed by atoms with Gasteiger partial charge in [0.2, 0.25) is 0 Å². The summed E-state index contributed by atoms with van der Waals surface area (Å²) in [6.45, 7) is 1.87. The number of β-amino-alcohol motifs (C(OH)–C–C–N with tert-alkyl or cyclic N) is 1. The second-order valence-electron chi connectivity index (χ2n) is 6.06. The molecule has 0 saturated carbocycles. The van der Waals surface area contributed by atoms with E-state index in [4.69, 9.17) is 5.11 Å². The summed E-state index contributed by atoms with van der Waals surface area (Å²) in [5.74, 6) is -1.04. The van der Waals surface area contributed by atoms with Crippen molar-refractivity contribution in [3.05, 3.63) is 48.0 Å². The number of hydrogen-bond acceptors (Lipinski definition) is 3. The molecule has 2 aromatic carbocycles. The topological polar surface area (TPSA) is 60.8 Å². The first-order chi connectivity index (χ1) is 10.6. The Balaban J connectivity index is 1.70. The quantitative estimate of drug-likeness (QED) is 0.911. The third kappa shape index (κ3) is 3.29. The molecule has 1 aliphatic heterocycles. The summed E-state index contributed by atoms with van der Waals surface area (Å²) >= 11 is 0. The van der Waals surface area contributed by atoms with Crippen LogP contribution in [0.4, 0.5) is 0 Å². The van der Waals surface area contributed by atoms with Crippen LogP contribution in [-0.4, -0.2) is 40.7 Å². The van der Waals surface area contributed by atoms with Crippen molar-refractivity contribution in [1.82, 2.24) is 4.90 Å². The van der Waals surface area contributed by atoms with Gasteiger partial charge in [-0.25, -0.2) is 0 Å². The number of rotatable bonds is 4. The molecular weight excluding hydrogens is 278 g/mol. The average molecular weight is 299 g/mol. The third-order valence-electron chi connectivity index (χ3n) is 4.44. The zero-order chi connectivity index (χ0) is 15.5. The highest BCUT2D eigenvalue weighted by molar-refractivity contribution is 5.83. The van der Waals surface area contributed by atoms with Crippen LogP contribution in [0.25, 0.3) is 10.8 Å². The van der Waals surface area contributed by atoms with Gasteiger partial charge >= 0.3 is 5.97 Å². The molecule has 1 fully saturated rings. The molecule has 0 amide bonds. The molecule has 0 spiro atoms. The highest BCUT2D eigenvalue weighted by Gasteiger charge is 2.26. The van der Waals surface area contributed by atoms with Gasteiger partial charge in [0.05, 0.1) is 12.0 Å². The number of carboxylic acids is 1. The Bertz CT molecular complexity index is 670. The zero-order valence-corrected chi connectivity index (χ0v) is 12.5. The average Bonchev–Trinajstić information content (AvgIpc) is 2.54. The van der Waals surface area contributed by atoms with Gasteiger partial charge in [-0.2, -0.15) is 0 Å². The molecule has 116 valence electrons. The summed E-state index contributed by atoms with van der Waals surface area (Å²) in [6, 6.07) is 14.0. The summed E-state index contributed by atoms with van der Waals surface area (Å²) in [6.07, 6.45) is 1.02. The molecule has 0 aliphatic carbocycles. The SMILES string of the molecule is O=C(O)C1CCCN(CC(O)c2ccc3ccccc3c2)C1. The Morgan fingerprint density at radius 1 is 1.23 bits per heavy atom. The van der Waals surface area contributed by atoms with Crippen molar-refractivity contribution in [3.8, 4) is 0 Å². The van der Waals surface area contributed by atoms with E-state index in [1.165, 1.54) is 0 Å². The van der Waals surface area contributed by atoms with Gasteiger partial charge in [0.1, 0.15) is 0 Å². The number of fused-ring (bicyclic) bond motifs is 1. The third-order valence-corrected chi connectivity index (χ3v) is 4.44. The number of aliphatic carboxylic acids is 1.